The van der Waals surface area contributed by atoms with Gasteiger partial charge in [-0.15, -0.1) is 16.4 Å². The van der Waals surface area contributed by atoms with Crippen LogP contribution in [0.15, 0.2) is 11.1 Å². The number of hydrogen-bond acceptors (Lipinski definition) is 5. The second-order valence-electron chi connectivity index (χ2n) is 7.27. The highest BCUT2D eigenvalue weighted by molar-refractivity contribution is 7.18. The first-order chi connectivity index (χ1) is 12.4. The Labute approximate surface area is 155 Å². The molecule has 1 amide bonds. The average Bonchev–Trinajstić information content (AvgIpc) is 3.05. The van der Waals surface area contributed by atoms with E-state index in [0.717, 1.165) is 39.9 Å². The molecule has 2 atom stereocenters. The summed E-state index contributed by atoms with van der Waals surface area (Å²) < 4.78 is 2.72. The summed E-state index contributed by atoms with van der Waals surface area (Å²) in [6.45, 7) is 8.17. The lowest BCUT2D eigenvalue weighted by atomic mass is 9.97. The van der Waals surface area contributed by atoms with Crippen LogP contribution in [0.2, 0.25) is 0 Å². The largest absolute Gasteiger partial charge is 0.352 e. The lowest BCUT2D eigenvalue weighted by Crippen LogP contribution is -2.49. The fourth-order valence-corrected chi connectivity index (χ4v) is 4.99. The van der Waals surface area contributed by atoms with Crippen LogP contribution in [-0.2, 0) is 11.3 Å². The Kier molecular flexibility index (Phi) is 4.10. The molecule has 0 unspecified atom stereocenters. The Morgan fingerprint density at radius 3 is 2.65 bits per heavy atom. The molecule has 0 saturated carbocycles. The Morgan fingerprint density at radius 2 is 1.96 bits per heavy atom. The molecule has 4 heterocycles. The Bertz CT molecular complexity index is 1050. The van der Waals surface area contributed by atoms with Gasteiger partial charge >= 0.3 is 5.69 Å². The molecule has 26 heavy (non-hydrogen) atoms. The molecule has 0 aliphatic carbocycles. The molecule has 1 aliphatic rings. The van der Waals surface area contributed by atoms with Crippen molar-refractivity contribution in [1.82, 2.24) is 24.1 Å². The standard InChI is InChI=1S/C18H23N5O2S/c1-10-6-5-7-11(2)23(10)14(24)8-22-18(25)21-9-19-17-15(16(21)20-22)12(3)13(4)26-17/h9-11H,5-8H2,1-4H3/t10-,11-/m0/s1. The molecule has 138 valence electrons. The molecule has 7 nitrogen and oxygen atoms in total. The summed E-state index contributed by atoms with van der Waals surface area (Å²) in [4.78, 5) is 33.9. The summed E-state index contributed by atoms with van der Waals surface area (Å²) in [5.41, 5.74) is 1.35. The van der Waals surface area contributed by atoms with Gasteiger partial charge in [0.25, 0.3) is 0 Å². The zero-order valence-electron chi connectivity index (χ0n) is 15.5. The van der Waals surface area contributed by atoms with Gasteiger partial charge in [-0.05, 0) is 52.5 Å². The first-order valence-corrected chi connectivity index (χ1v) is 9.85. The number of piperidine rings is 1. The van der Waals surface area contributed by atoms with Gasteiger partial charge in [0.2, 0.25) is 5.91 Å². The molecule has 0 radical (unpaired) electrons. The molecule has 0 aromatic carbocycles. The van der Waals surface area contributed by atoms with Crippen molar-refractivity contribution in [2.45, 2.75) is 65.6 Å². The van der Waals surface area contributed by atoms with Crippen molar-refractivity contribution < 1.29 is 4.79 Å². The number of carbonyl (C=O) groups excluding carboxylic acids is 1. The minimum Gasteiger partial charge on any atom is -0.336 e. The number of amides is 1. The third kappa shape index (κ3) is 2.55. The van der Waals surface area contributed by atoms with Gasteiger partial charge in [-0.1, -0.05) is 0 Å². The van der Waals surface area contributed by atoms with E-state index < -0.39 is 0 Å². The second-order valence-corrected chi connectivity index (χ2v) is 8.47. The van der Waals surface area contributed by atoms with E-state index in [1.807, 2.05) is 18.7 Å². The van der Waals surface area contributed by atoms with Gasteiger partial charge < -0.3 is 4.90 Å². The van der Waals surface area contributed by atoms with Crippen LogP contribution in [0.4, 0.5) is 0 Å². The number of fused-ring (bicyclic) bond motifs is 3. The topological polar surface area (TPSA) is 72.5 Å². The van der Waals surface area contributed by atoms with Crippen LogP contribution in [0.3, 0.4) is 0 Å². The minimum atomic E-state index is -0.316. The maximum atomic E-state index is 12.9. The van der Waals surface area contributed by atoms with E-state index in [1.165, 1.54) is 15.4 Å². The average molecular weight is 373 g/mol. The normalized spacial score (nSPS) is 21.0. The van der Waals surface area contributed by atoms with E-state index >= 15 is 0 Å². The third-order valence-corrected chi connectivity index (χ3v) is 6.63. The van der Waals surface area contributed by atoms with Crippen molar-refractivity contribution >= 4 is 33.1 Å². The summed E-state index contributed by atoms with van der Waals surface area (Å²) in [6, 6.07) is 0.406. The van der Waals surface area contributed by atoms with Crippen molar-refractivity contribution in [2.24, 2.45) is 0 Å². The van der Waals surface area contributed by atoms with Crippen molar-refractivity contribution in [2.75, 3.05) is 0 Å². The number of carbonyl (C=O) groups is 1. The summed E-state index contributed by atoms with van der Waals surface area (Å²) in [5, 5.41) is 5.39. The van der Waals surface area contributed by atoms with Crippen LogP contribution in [0.1, 0.15) is 43.6 Å². The third-order valence-electron chi connectivity index (χ3n) is 5.52. The Morgan fingerprint density at radius 1 is 1.27 bits per heavy atom. The fraction of sp³-hybridized carbons (Fsp3) is 0.556. The highest BCUT2D eigenvalue weighted by Crippen LogP contribution is 2.30. The van der Waals surface area contributed by atoms with Crippen molar-refractivity contribution in [3.63, 3.8) is 0 Å². The predicted molar refractivity (Wildman–Crippen MR) is 102 cm³/mol. The van der Waals surface area contributed by atoms with Crippen molar-refractivity contribution in [1.29, 1.82) is 0 Å². The van der Waals surface area contributed by atoms with Gasteiger partial charge in [0.15, 0.2) is 5.65 Å². The zero-order valence-corrected chi connectivity index (χ0v) is 16.3. The van der Waals surface area contributed by atoms with Gasteiger partial charge in [-0.3, -0.25) is 4.79 Å². The Hall–Kier alpha value is -2.22. The number of thiophene rings is 1. The van der Waals surface area contributed by atoms with E-state index in [4.69, 9.17) is 0 Å². The lowest BCUT2D eigenvalue weighted by Gasteiger charge is -2.39. The van der Waals surface area contributed by atoms with E-state index in [-0.39, 0.29) is 30.2 Å². The van der Waals surface area contributed by atoms with Crippen molar-refractivity contribution in [3.8, 4) is 0 Å². The quantitative estimate of drug-likeness (QED) is 0.692. The molecule has 1 fully saturated rings. The number of aromatic nitrogens is 4. The molecule has 0 spiro atoms. The van der Waals surface area contributed by atoms with Gasteiger partial charge in [-0.25, -0.2) is 18.9 Å². The predicted octanol–water partition coefficient (Wildman–Crippen LogP) is 2.51. The maximum absolute atomic E-state index is 12.9. The van der Waals surface area contributed by atoms with Crippen LogP contribution >= 0.6 is 11.3 Å². The number of aryl methyl sites for hydroxylation is 2. The SMILES string of the molecule is Cc1sc2ncn3c(=O)n(CC(=O)N4[C@@H](C)CCC[C@@H]4C)nc3c2c1C. The number of rotatable bonds is 2. The van der Waals surface area contributed by atoms with E-state index in [2.05, 4.69) is 23.9 Å². The lowest BCUT2D eigenvalue weighted by molar-refractivity contribution is -0.138. The number of likely N-dealkylation sites (tertiary alicyclic amines) is 1. The molecule has 8 heteroatoms. The molecule has 0 N–H and O–H groups in total. The minimum absolute atomic E-state index is 0.0289. The van der Waals surface area contributed by atoms with Crippen LogP contribution in [-0.4, -0.2) is 42.1 Å². The monoisotopic (exact) mass is 373 g/mol. The fourth-order valence-electron chi connectivity index (χ4n) is 3.99. The first kappa shape index (κ1) is 17.2. The van der Waals surface area contributed by atoms with Crippen LogP contribution in [0.5, 0.6) is 0 Å². The molecule has 1 aliphatic heterocycles. The first-order valence-electron chi connectivity index (χ1n) is 9.03. The molecule has 1 saturated heterocycles. The number of hydrogen-bond donors (Lipinski definition) is 0. The molecule has 0 bridgehead atoms. The van der Waals surface area contributed by atoms with Gasteiger partial charge in [0.05, 0.1) is 5.39 Å². The molecular formula is C18H23N5O2S. The zero-order chi connectivity index (χ0) is 18.6. The second kappa shape index (κ2) is 6.19. The highest BCUT2D eigenvalue weighted by atomic mass is 32.1. The highest BCUT2D eigenvalue weighted by Gasteiger charge is 2.29. The summed E-state index contributed by atoms with van der Waals surface area (Å²) in [7, 11) is 0. The molecule has 3 aromatic rings. The van der Waals surface area contributed by atoms with Crippen LogP contribution < -0.4 is 5.69 Å². The number of nitrogens with zero attached hydrogens (tertiary/aromatic N) is 5. The molecular weight excluding hydrogens is 350 g/mol. The van der Waals surface area contributed by atoms with E-state index in [0.29, 0.717) is 5.65 Å². The maximum Gasteiger partial charge on any atom is 0.352 e. The van der Waals surface area contributed by atoms with Crippen LogP contribution in [0.25, 0.3) is 15.9 Å². The molecule has 3 aromatic heterocycles. The molecule has 4 rings (SSSR count). The smallest absolute Gasteiger partial charge is 0.336 e. The van der Waals surface area contributed by atoms with E-state index in [9.17, 15) is 9.59 Å². The van der Waals surface area contributed by atoms with Gasteiger partial charge in [-0.2, -0.15) is 0 Å². The summed E-state index contributed by atoms with van der Waals surface area (Å²) in [5.74, 6) is -0.0439. The summed E-state index contributed by atoms with van der Waals surface area (Å²) >= 11 is 1.59. The van der Waals surface area contributed by atoms with Gasteiger partial charge in [0, 0.05) is 17.0 Å². The van der Waals surface area contributed by atoms with Gasteiger partial charge in [0.1, 0.15) is 17.7 Å². The van der Waals surface area contributed by atoms with E-state index in [1.54, 1.807) is 11.3 Å². The van der Waals surface area contributed by atoms with Crippen LogP contribution in [0, 0.1) is 13.8 Å². The summed E-state index contributed by atoms with van der Waals surface area (Å²) in [6.07, 6.45) is 4.67. The Balaban J connectivity index is 1.75. The van der Waals surface area contributed by atoms with Crippen molar-refractivity contribution in [3.05, 3.63) is 27.3 Å².